The zero-order chi connectivity index (χ0) is 32.9. The van der Waals surface area contributed by atoms with E-state index < -0.39 is 5.60 Å². The molecule has 1 aromatic carbocycles. The van der Waals surface area contributed by atoms with Crippen molar-refractivity contribution >= 4 is 23.6 Å². The second-order valence-electron chi connectivity index (χ2n) is 15.6. The van der Waals surface area contributed by atoms with E-state index in [2.05, 4.69) is 32.6 Å². The molecule has 45 heavy (non-hydrogen) atoms. The standard InChI is InChI=1S/C35H48FN5O4/c1-23-17-38(27(18-39-21-34(5,6)15-29(39)42)19-40(23)32(44)45-33(2,3)4)20-30(43)41-22-35(7,8)31-28(41)14-25(16-37-31)13-24-9-11-26(36)12-10-24/h9-12,14,16,23,27H,13,15,17-22H2,1-8H3/t23?,27-/m0/s1. The molecule has 0 bridgehead atoms. The van der Waals surface area contributed by atoms with Crippen LogP contribution in [0.3, 0.4) is 0 Å². The van der Waals surface area contributed by atoms with E-state index in [0.29, 0.717) is 45.6 Å². The molecular formula is C35H48FN5O4. The molecule has 5 rings (SSSR count). The molecule has 3 amide bonds. The van der Waals surface area contributed by atoms with E-state index in [-0.39, 0.29) is 53.2 Å². The van der Waals surface area contributed by atoms with E-state index in [0.717, 1.165) is 22.5 Å². The number of aromatic nitrogens is 1. The smallest absolute Gasteiger partial charge is 0.410 e. The van der Waals surface area contributed by atoms with Gasteiger partial charge in [-0.25, -0.2) is 9.18 Å². The maximum absolute atomic E-state index is 14.2. The fourth-order valence-electron chi connectivity index (χ4n) is 6.85. The Morgan fingerprint density at radius 2 is 1.73 bits per heavy atom. The Labute approximate surface area is 266 Å². The third-order valence-corrected chi connectivity index (χ3v) is 8.99. The zero-order valence-electron chi connectivity index (χ0n) is 28.0. The van der Waals surface area contributed by atoms with Crippen molar-refractivity contribution in [1.29, 1.82) is 0 Å². The van der Waals surface area contributed by atoms with Gasteiger partial charge in [0, 0.05) is 62.8 Å². The van der Waals surface area contributed by atoms with Crippen molar-refractivity contribution in [3.8, 4) is 0 Å². The van der Waals surface area contributed by atoms with Gasteiger partial charge in [0.05, 0.1) is 17.9 Å². The Bertz CT molecular complexity index is 1450. The number of nitrogens with zero attached hydrogens (tertiary/aromatic N) is 5. The molecule has 0 saturated carbocycles. The van der Waals surface area contributed by atoms with Crippen LogP contribution in [0.4, 0.5) is 14.9 Å². The van der Waals surface area contributed by atoms with Crippen molar-refractivity contribution < 1.29 is 23.5 Å². The van der Waals surface area contributed by atoms with Gasteiger partial charge < -0.3 is 19.4 Å². The summed E-state index contributed by atoms with van der Waals surface area (Å²) in [6.07, 6.45) is 2.53. The van der Waals surface area contributed by atoms with Crippen LogP contribution in [0.1, 0.15) is 78.6 Å². The van der Waals surface area contributed by atoms with Crippen LogP contribution in [0, 0.1) is 11.2 Å². The van der Waals surface area contributed by atoms with Gasteiger partial charge in [0.2, 0.25) is 11.8 Å². The van der Waals surface area contributed by atoms with Crippen LogP contribution < -0.4 is 4.90 Å². The SMILES string of the molecule is CC1CN(CC(=O)N2CC(C)(C)c3ncc(Cc4ccc(F)cc4)cc32)[C@@H](CN2CC(C)(C)CC2=O)CN1C(=O)OC(C)(C)C. The van der Waals surface area contributed by atoms with Gasteiger partial charge in [0.1, 0.15) is 11.4 Å². The van der Waals surface area contributed by atoms with Crippen LogP contribution in [0.2, 0.25) is 0 Å². The minimum atomic E-state index is -0.631. The number of anilines is 1. The number of hydrogen-bond acceptors (Lipinski definition) is 6. The van der Waals surface area contributed by atoms with Gasteiger partial charge >= 0.3 is 6.09 Å². The monoisotopic (exact) mass is 621 g/mol. The van der Waals surface area contributed by atoms with Crippen LogP contribution in [-0.4, -0.2) is 94.5 Å². The summed E-state index contributed by atoms with van der Waals surface area (Å²) in [7, 11) is 0. The molecule has 10 heteroatoms. The number of pyridine rings is 1. The quantitative estimate of drug-likeness (QED) is 0.451. The van der Waals surface area contributed by atoms with E-state index in [9.17, 15) is 18.8 Å². The molecule has 0 radical (unpaired) electrons. The van der Waals surface area contributed by atoms with Gasteiger partial charge in [-0.05, 0) is 68.9 Å². The highest BCUT2D eigenvalue weighted by Gasteiger charge is 2.44. The summed E-state index contributed by atoms with van der Waals surface area (Å²) in [4.78, 5) is 52.7. The third kappa shape index (κ3) is 7.48. The van der Waals surface area contributed by atoms with E-state index in [1.165, 1.54) is 12.1 Å². The van der Waals surface area contributed by atoms with Crippen LogP contribution in [-0.2, 0) is 26.2 Å². The lowest BCUT2D eigenvalue weighted by Gasteiger charge is -2.46. The number of hydrogen-bond donors (Lipinski definition) is 0. The lowest BCUT2D eigenvalue weighted by molar-refractivity contribution is -0.129. The summed E-state index contributed by atoms with van der Waals surface area (Å²) < 4.78 is 19.2. The number of piperazine rings is 1. The lowest BCUT2D eigenvalue weighted by Crippen LogP contribution is -2.63. The van der Waals surface area contributed by atoms with Gasteiger partial charge in [-0.3, -0.25) is 19.5 Å². The Morgan fingerprint density at radius 1 is 1.04 bits per heavy atom. The summed E-state index contributed by atoms with van der Waals surface area (Å²) in [5.41, 5.74) is 2.52. The fourth-order valence-corrected chi connectivity index (χ4v) is 6.85. The van der Waals surface area contributed by atoms with Crippen molar-refractivity contribution in [2.45, 2.75) is 91.3 Å². The molecule has 4 heterocycles. The van der Waals surface area contributed by atoms with Gasteiger partial charge in [0.15, 0.2) is 0 Å². The minimum absolute atomic E-state index is 0.0430. The number of amides is 3. The Morgan fingerprint density at radius 3 is 2.36 bits per heavy atom. The first-order valence-corrected chi connectivity index (χ1v) is 16.0. The predicted octanol–water partition coefficient (Wildman–Crippen LogP) is 5.00. The highest BCUT2D eigenvalue weighted by atomic mass is 19.1. The van der Waals surface area contributed by atoms with Crippen molar-refractivity contribution in [2.24, 2.45) is 5.41 Å². The molecular weight excluding hydrogens is 573 g/mol. The second-order valence-corrected chi connectivity index (χ2v) is 15.6. The number of benzene rings is 1. The molecule has 0 N–H and O–H groups in total. The van der Waals surface area contributed by atoms with Crippen LogP contribution >= 0.6 is 0 Å². The number of carbonyl (C=O) groups is 3. The maximum atomic E-state index is 14.2. The molecule has 2 fully saturated rings. The highest BCUT2D eigenvalue weighted by Crippen LogP contribution is 2.40. The first kappa shape index (κ1) is 32.9. The Kier molecular flexibility index (Phi) is 8.76. The molecule has 1 unspecified atom stereocenters. The molecule has 2 atom stereocenters. The Hall–Kier alpha value is -3.53. The van der Waals surface area contributed by atoms with Crippen LogP contribution in [0.5, 0.6) is 0 Å². The second kappa shape index (κ2) is 12.0. The molecule has 1 aromatic heterocycles. The predicted molar refractivity (Wildman–Crippen MR) is 172 cm³/mol. The van der Waals surface area contributed by atoms with Gasteiger partial charge in [-0.2, -0.15) is 0 Å². The summed E-state index contributed by atoms with van der Waals surface area (Å²) in [5.74, 6) is -0.219. The highest BCUT2D eigenvalue weighted by molar-refractivity contribution is 5.97. The average Bonchev–Trinajstić information content (AvgIpc) is 3.34. The van der Waals surface area contributed by atoms with E-state index >= 15 is 0 Å². The molecule has 9 nitrogen and oxygen atoms in total. The maximum Gasteiger partial charge on any atom is 0.410 e. The first-order valence-electron chi connectivity index (χ1n) is 16.0. The molecule has 0 spiro atoms. The molecule has 2 saturated heterocycles. The van der Waals surface area contributed by atoms with E-state index in [4.69, 9.17) is 9.72 Å². The number of halogens is 1. The molecule has 2 aromatic rings. The third-order valence-electron chi connectivity index (χ3n) is 8.99. The molecule has 0 aliphatic carbocycles. The number of carbonyl (C=O) groups excluding carboxylic acids is 3. The molecule has 3 aliphatic heterocycles. The molecule has 244 valence electrons. The molecule has 3 aliphatic rings. The summed E-state index contributed by atoms with van der Waals surface area (Å²) >= 11 is 0. The number of likely N-dealkylation sites (tertiary alicyclic amines) is 1. The van der Waals surface area contributed by atoms with Crippen molar-refractivity contribution in [2.75, 3.05) is 44.2 Å². The topological polar surface area (TPSA) is 86.3 Å². The van der Waals surface area contributed by atoms with Gasteiger partial charge in [0.25, 0.3) is 0 Å². The largest absolute Gasteiger partial charge is 0.444 e. The number of rotatable bonds is 6. The first-order chi connectivity index (χ1) is 20.9. The van der Waals surface area contributed by atoms with Gasteiger partial charge in [-0.1, -0.05) is 39.8 Å². The van der Waals surface area contributed by atoms with E-state index in [1.807, 2.05) is 49.8 Å². The number of fused-ring (bicyclic) bond motifs is 1. The minimum Gasteiger partial charge on any atom is -0.444 e. The van der Waals surface area contributed by atoms with Crippen molar-refractivity contribution in [3.63, 3.8) is 0 Å². The fraction of sp³-hybridized carbons (Fsp3) is 0.600. The van der Waals surface area contributed by atoms with Gasteiger partial charge in [-0.15, -0.1) is 0 Å². The normalized spacial score (nSPS) is 23.0. The van der Waals surface area contributed by atoms with Crippen LogP contribution in [0.15, 0.2) is 36.5 Å². The van der Waals surface area contributed by atoms with E-state index in [1.54, 1.807) is 17.0 Å². The summed E-state index contributed by atoms with van der Waals surface area (Å²) in [6.45, 7) is 18.5. The number of ether oxygens (including phenoxy) is 1. The van der Waals surface area contributed by atoms with Crippen LogP contribution in [0.25, 0.3) is 0 Å². The van der Waals surface area contributed by atoms with Crippen molar-refractivity contribution in [1.82, 2.24) is 19.7 Å². The Balaban J connectivity index is 1.37. The summed E-state index contributed by atoms with van der Waals surface area (Å²) in [6, 6.07) is 8.05. The lowest BCUT2D eigenvalue weighted by atomic mass is 9.91. The van der Waals surface area contributed by atoms with Crippen molar-refractivity contribution in [3.05, 3.63) is 59.2 Å². The summed E-state index contributed by atoms with van der Waals surface area (Å²) in [5, 5.41) is 0. The average molecular weight is 622 g/mol. The zero-order valence-corrected chi connectivity index (χ0v) is 28.0.